The summed E-state index contributed by atoms with van der Waals surface area (Å²) in [6.45, 7) is 1.74. The number of aryl methyl sites for hydroxylation is 1. The zero-order valence-electron chi connectivity index (χ0n) is 7.50. The zero-order valence-corrected chi connectivity index (χ0v) is 8.25. The summed E-state index contributed by atoms with van der Waals surface area (Å²) in [4.78, 5) is 0. The third-order valence-corrected chi connectivity index (χ3v) is 2.22. The second-order valence-electron chi connectivity index (χ2n) is 3.16. The van der Waals surface area contributed by atoms with Crippen molar-refractivity contribution in [1.82, 2.24) is 0 Å². The normalized spacial score (nSPS) is 12.8. The number of aliphatic hydroxyl groups excluding tert-OH is 1. The van der Waals surface area contributed by atoms with Crippen molar-refractivity contribution in [3.63, 3.8) is 0 Å². The summed E-state index contributed by atoms with van der Waals surface area (Å²) in [7, 11) is 0. The van der Waals surface area contributed by atoms with E-state index in [2.05, 4.69) is 0 Å². The number of phenolic OH excluding ortho intramolecular Hbond substituents is 1. The van der Waals surface area contributed by atoms with Gasteiger partial charge in [-0.15, -0.1) is 0 Å². The molecule has 2 nitrogen and oxygen atoms in total. The number of hydrogen-bond donors (Lipinski definition) is 2. The second kappa shape index (κ2) is 4.49. The van der Waals surface area contributed by atoms with Crippen LogP contribution in [0.25, 0.3) is 0 Å². The van der Waals surface area contributed by atoms with Crippen molar-refractivity contribution in [1.29, 1.82) is 0 Å². The largest absolute Gasteiger partial charge is 0.508 e. The van der Waals surface area contributed by atoms with Gasteiger partial charge in [0, 0.05) is 5.02 Å². The van der Waals surface area contributed by atoms with Crippen LogP contribution in [0.15, 0.2) is 18.2 Å². The van der Waals surface area contributed by atoms with Gasteiger partial charge in [0.15, 0.2) is 0 Å². The predicted octanol–water partition coefficient (Wildman–Crippen LogP) is 2.36. The SMILES string of the molecule is CC(O)CCc1ccc(O)cc1Cl. The predicted molar refractivity (Wildman–Crippen MR) is 53.1 cm³/mol. The fourth-order valence-electron chi connectivity index (χ4n) is 1.10. The van der Waals surface area contributed by atoms with Gasteiger partial charge in [-0.3, -0.25) is 0 Å². The van der Waals surface area contributed by atoms with Crippen LogP contribution in [0.2, 0.25) is 5.02 Å². The summed E-state index contributed by atoms with van der Waals surface area (Å²) in [6.07, 6.45) is 1.10. The molecule has 1 aromatic carbocycles. The number of phenols is 1. The molecule has 72 valence electrons. The summed E-state index contributed by atoms with van der Waals surface area (Å²) in [5, 5.41) is 18.7. The van der Waals surface area contributed by atoms with Gasteiger partial charge >= 0.3 is 0 Å². The van der Waals surface area contributed by atoms with Gasteiger partial charge in [0.05, 0.1) is 6.10 Å². The van der Waals surface area contributed by atoms with E-state index in [9.17, 15) is 0 Å². The van der Waals surface area contributed by atoms with E-state index in [-0.39, 0.29) is 11.9 Å². The van der Waals surface area contributed by atoms with Crippen LogP contribution in [0.5, 0.6) is 5.75 Å². The number of hydrogen-bond acceptors (Lipinski definition) is 2. The first-order valence-corrected chi connectivity index (χ1v) is 4.63. The van der Waals surface area contributed by atoms with Gasteiger partial charge in [0.1, 0.15) is 5.75 Å². The quantitative estimate of drug-likeness (QED) is 0.787. The Morgan fingerprint density at radius 2 is 2.15 bits per heavy atom. The molecule has 0 bridgehead atoms. The molecule has 0 aliphatic carbocycles. The van der Waals surface area contributed by atoms with Gasteiger partial charge < -0.3 is 10.2 Å². The molecule has 0 aromatic heterocycles. The van der Waals surface area contributed by atoms with Crippen LogP contribution in [0.3, 0.4) is 0 Å². The summed E-state index contributed by atoms with van der Waals surface area (Å²) < 4.78 is 0. The highest BCUT2D eigenvalue weighted by Gasteiger charge is 2.03. The lowest BCUT2D eigenvalue weighted by Crippen LogP contribution is -2.01. The lowest BCUT2D eigenvalue weighted by Gasteiger charge is -2.06. The van der Waals surface area contributed by atoms with Crippen molar-refractivity contribution in [2.75, 3.05) is 0 Å². The fraction of sp³-hybridized carbons (Fsp3) is 0.400. The molecule has 0 spiro atoms. The van der Waals surface area contributed by atoms with Crippen LogP contribution in [-0.2, 0) is 6.42 Å². The van der Waals surface area contributed by atoms with Crippen molar-refractivity contribution in [3.8, 4) is 5.75 Å². The van der Waals surface area contributed by atoms with Gasteiger partial charge in [-0.05, 0) is 37.5 Å². The van der Waals surface area contributed by atoms with Crippen LogP contribution in [0.4, 0.5) is 0 Å². The minimum Gasteiger partial charge on any atom is -0.508 e. The number of aromatic hydroxyl groups is 1. The summed E-state index contributed by atoms with van der Waals surface area (Å²) >= 11 is 5.87. The molecule has 0 saturated carbocycles. The Bertz CT molecular complexity index is 284. The summed E-state index contributed by atoms with van der Waals surface area (Å²) in [5.74, 6) is 0.172. The molecule has 0 aliphatic heterocycles. The summed E-state index contributed by atoms with van der Waals surface area (Å²) in [5.41, 5.74) is 0.959. The molecule has 1 atom stereocenters. The first-order valence-electron chi connectivity index (χ1n) is 4.25. The van der Waals surface area contributed by atoms with Crippen LogP contribution in [-0.4, -0.2) is 16.3 Å². The highest BCUT2D eigenvalue weighted by molar-refractivity contribution is 6.31. The standard InChI is InChI=1S/C10H13ClO2/c1-7(12)2-3-8-4-5-9(13)6-10(8)11/h4-7,12-13H,2-3H2,1H3. The maximum Gasteiger partial charge on any atom is 0.117 e. The molecule has 2 N–H and O–H groups in total. The third kappa shape index (κ3) is 3.25. The molecule has 0 saturated heterocycles. The molecular formula is C10H13ClO2. The molecule has 1 rings (SSSR count). The van der Waals surface area contributed by atoms with E-state index < -0.39 is 0 Å². The smallest absolute Gasteiger partial charge is 0.117 e. The average molecular weight is 201 g/mol. The molecule has 0 heterocycles. The van der Waals surface area contributed by atoms with Crippen LogP contribution in [0.1, 0.15) is 18.9 Å². The highest BCUT2D eigenvalue weighted by Crippen LogP contribution is 2.22. The molecular weight excluding hydrogens is 188 g/mol. The maximum atomic E-state index is 9.08. The van der Waals surface area contributed by atoms with Gasteiger partial charge in [-0.25, -0.2) is 0 Å². The second-order valence-corrected chi connectivity index (χ2v) is 3.57. The minimum absolute atomic E-state index is 0.172. The molecule has 1 unspecified atom stereocenters. The molecule has 0 radical (unpaired) electrons. The Balaban J connectivity index is 2.67. The van der Waals surface area contributed by atoms with E-state index in [1.165, 1.54) is 6.07 Å². The Labute approximate surface area is 82.8 Å². The fourth-order valence-corrected chi connectivity index (χ4v) is 1.37. The molecule has 0 amide bonds. The van der Waals surface area contributed by atoms with Crippen molar-refractivity contribution < 1.29 is 10.2 Å². The van der Waals surface area contributed by atoms with Gasteiger partial charge in [0.25, 0.3) is 0 Å². The number of aliphatic hydroxyl groups is 1. The first-order chi connectivity index (χ1) is 6.09. The monoisotopic (exact) mass is 200 g/mol. The van der Waals surface area contributed by atoms with Gasteiger partial charge in [-0.1, -0.05) is 17.7 Å². The number of halogens is 1. The Hall–Kier alpha value is -0.730. The van der Waals surface area contributed by atoms with Crippen LogP contribution >= 0.6 is 11.6 Å². The van der Waals surface area contributed by atoms with E-state index in [0.29, 0.717) is 11.4 Å². The molecule has 0 aliphatic rings. The van der Waals surface area contributed by atoms with Crippen molar-refractivity contribution in [2.24, 2.45) is 0 Å². The van der Waals surface area contributed by atoms with Crippen LogP contribution < -0.4 is 0 Å². The lowest BCUT2D eigenvalue weighted by molar-refractivity contribution is 0.185. The van der Waals surface area contributed by atoms with E-state index in [1.54, 1.807) is 19.1 Å². The average Bonchev–Trinajstić information content (AvgIpc) is 2.02. The highest BCUT2D eigenvalue weighted by atomic mass is 35.5. The van der Waals surface area contributed by atoms with Crippen molar-refractivity contribution in [3.05, 3.63) is 28.8 Å². The summed E-state index contributed by atoms with van der Waals surface area (Å²) in [6, 6.07) is 4.89. The Kier molecular flexibility index (Phi) is 3.58. The van der Waals surface area contributed by atoms with Gasteiger partial charge in [-0.2, -0.15) is 0 Å². The molecule has 3 heteroatoms. The van der Waals surface area contributed by atoms with Crippen molar-refractivity contribution in [2.45, 2.75) is 25.9 Å². The maximum absolute atomic E-state index is 9.08. The van der Waals surface area contributed by atoms with E-state index in [1.807, 2.05) is 0 Å². The molecule has 13 heavy (non-hydrogen) atoms. The van der Waals surface area contributed by atoms with Crippen molar-refractivity contribution >= 4 is 11.6 Å². The topological polar surface area (TPSA) is 40.5 Å². The van der Waals surface area contributed by atoms with Crippen LogP contribution in [0, 0.1) is 0 Å². The Morgan fingerprint density at radius 1 is 1.46 bits per heavy atom. The van der Waals surface area contributed by atoms with Gasteiger partial charge in [0.2, 0.25) is 0 Å². The number of rotatable bonds is 3. The van der Waals surface area contributed by atoms with E-state index in [4.69, 9.17) is 21.8 Å². The number of benzene rings is 1. The minimum atomic E-state index is -0.315. The molecule has 1 aromatic rings. The van der Waals surface area contributed by atoms with E-state index >= 15 is 0 Å². The van der Waals surface area contributed by atoms with E-state index in [0.717, 1.165) is 12.0 Å². The molecule has 0 fully saturated rings. The zero-order chi connectivity index (χ0) is 9.84. The lowest BCUT2D eigenvalue weighted by atomic mass is 10.1. The Morgan fingerprint density at radius 3 is 2.69 bits per heavy atom. The first kappa shape index (κ1) is 10.4. The third-order valence-electron chi connectivity index (χ3n) is 1.87.